The van der Waals surface area contributed by atoms with E-state index in [2.05, 4.69) is 15.3 Å². The van der Waals surface area contributed by atoms with Crippen LogP contribution >= 0.6 is 0 Å². The van der Waals surface area contributed by atoms with Crippen molar-refractivity contribution in [2.45, 2.75) is 37.9 Å². The average molecular weight is 300 g/mol. The summed E-state index contributed by atoms with van der Waals surface area (Å²) in [4.78, 5) is 2.50. The second-order valence-electron chi connectivity index (χ2n) is 6.43. The second-order valence-corrected chi connectivity index (χ2v) is 6.43. The highest BCUT2D eigenvalue weighted by Crippen LogP contribution is 2.21. The molecule has 0 spiro atoms. The molecule has 116 valence electrons. The van der Waals surface area contributed by atoms with Gasteiger partial charge in [0.05, 0.1) is 11.9 Å². The molecule has 3 heterocycles. The fraction of sp³-hybridized carbons (Fsp3) is 0.471. The molecule has 2 saturated heterocycles. The molecule has 1 aromatic heterocycles. The summed E-state index contributed by atoms with van der Waals surface area (Å²) >= 11 is 0. The quantitative estimate of drug-likeness (QED) is 0.944. The summed E-state index contributed by atoms with van der Waals surface area (Å²) in [6.45, 7) is 3.17. The lowest BCUT2D eigenvalue weighted by molar-refractivity contribution is 0.251. The SMILES string of the molecule is Fc1cccc(-n2cc(CN3CC[C@H]4CC[C@@H](C3)N4)cn2)c1. The van der Waals surface area contributed by atoms with Gasteiger partial charge in [0.25, 0.3) is 0 Å². The number of nitrogens with one attached hydrogen (secondary N) is 1. The summed E-state index contributed by atoms with van der Waals surface area (Å²) in [5, 5.41) is 8.07. The number of benzene rings is 1. The van der Waals surface area contributed by atoms with Gasteiger partial charge in [0.1, 0.15) is 5.82 Å². The molecule has 1 aromatic carbocycles. The highest BCUT2D eigenvalue weighted by Gasteiger charge is 2.29. The fourth-order valence-electron chi connectivity index (χ4n) is 3.62. The predicted molar refractivity (Wildman–Crippen MR) is 83.4 cm³/mol. The van der Waals surface area contributed by atoms with E-state index >= 15 is 0 Å². The molecule has 0 aliphatic carbocycles. The second kappa shape index (κ2) is 5.82. The van der Waals surface area contributed by atoms with Crippen LogP contribution in [0.15, 0.2) is 36.7 Å². The van der Waals surface area contributed by atoms with Crippen molar-refractivity contribution in [3.63, 3.8) is 0 Å². The van der Waals surface area contributed by atoms with Gasteiger partial charge in [0, 0.05) is 43.5 Å². The van der Waals surface area contributed by atoms with Gasteiger partial charge in [0.15, 0.2) is 0 Å². The number of hydrogen-bond donors (Lipinski definition) is 1. The van der Waals surface area contributed by atoms with E-state index in [1.807, 2.05) is 18.5 Å². The molecule has 0 amide bonds. The van der Waals surface area contributed by atoms with Crippen molar-refractivity contribution < 1.29 is 4.39 Å². The molecule has 5 heteroatoms. The van der Waals surface area contributed by atoms with Crippen LogP contribution in [0.4, 0.5) is 4.39 Å². The van der Waals surface area contributed by atoms with Gasteiger partial charge in [-0.1, -0.05) is 6.07 Å². The Morgan fingerprint density at radius 1 is 1.23 bits per heavy atom. The van der Waals surface area contributed by atoms with E-state index in [1.54, 1.807) is 10.7 Å². The lowest BCUT2D eigenvalue weighted by Gasteiger charge is -2.23. The summed E-state index contributed by atoms with van der Waals surface area (Å²) in [5.74, 6) is -0.232. The molecule has 2 bridgehead atoms. The van der Waals surface area contributed by atoms with Gasteiger partial charge >= 0.3 is 0 Å². The first-order valence-corrected chi connectivity index (χ1v) is 8.04. The van der Waals surface area contributed by atoms with Crippen molar-refractivity contribution in [3.8, 4) is 5.69 Å². The molecule has 4 nitrogen and oxygen atoms in total. The molecular weight excluding hydrogens is 279 g/mol. The normalized spacial score (nSPS) is 25.3. The molecule has 22 heavy (non-hydrogen) atoms. The molecular formula is C17H21FN4. The number of fused-ring (bicyclic) bond motifs is 2. The van der Waals surface area contributed by atoms with Crippen molar-refractivity contribution in [1.29, 1.82) is 0 Å². The third-order valence-electron chi connectivity index (χ3n) is 4.72. The Morgan fingerprint density at radius 3 is 3.05 bits per heavy atom. The standard InChI is InChI=1S/C17H21FN4/c18-14-2-1-3-17(8-14)22-11-13(9-19-22)10-21-7-6-15-4-5-16(12-21)20-15/h1-3,8-9,11,15-16,20H,4-7,10,12H2/t15-,16+/m1/s1. The monoisotopic (exact) mass is 300 g/mol. The molecule has 0 radical (unpaired) electrons. The van der Waals surface area contributed by atoms with Crippen molar-refractivity contribution in [2.75, 3.05) is 13.1 Å². The van der Waals surface area contributed by atoms with E-state index in [-0.39, 0.29) is 5.82 Å². The molecule has 2 fully saturated rings. The minimum Gasteiger partial charge on any atom is -0.310 e. The Kier molecular flexibility index (Phi) is 3.68. The van der Waals surface area contributed by atoms with E-state index in [0.29, 0.717) is 12.1 Å². The van der Waals surface area contributed by atoms with Gasteiger partial charge in [-0.15, -0.1) is 0 Å². The topological polar surface area (TPSA) is 33.1 Å². The van der Waals surface area contributed by atoms with Crippen molar-refractivity contribution >= 4 is 0 Å². The molecule has 2 aliphatic heterocycles. The summed E-state index contributed by atoms with van der Waals surface area (Å²) in [5.41, 5.74) is 1.95. The van der Waals surface area contributed by atoms with E-state index in [4.69, 9.17) is 0 Å². The van der Waals surface area contributed by atoms with Gasteiger partial charge < -0.3 is 5.32 Å². The predicted octanol–water partition coefficient (Wildman–Crippen LogP) is 2.34. The highest BCUT2D eigenvalue weighted by molar-refractivity contribution is 5.31. The molecule has 2 aliphatic rings. The molecule has 1 N–H and O–H groups in total. The smallest absolute Gasteiger partial charge is 0.125 e. The molecule has 0 saturated carbocycles. The van der Waals surface area contributed by atoms with Crippen LogP contribution in [-0.4, -0.2) is 39.9 Å². The largest absolute Gasteiger partial charge is 0.310 e. The van der Waals surface area contributed by atoms with Gasteiger partial charge in [-0.25, -0.2) is 9.07 Å². The Bertz CT molecular complexity index is 654. The maximum atomic E-state index is 13.3. The Balaban J connectivity index is 1.45. The van der Waals surface area contributed by atoms with Crippen molar-refractivity contribution in [2.24, 2.45) is 0 Å². The summed E-state index contributed by atoms with van der Waals surface area (Å²) in [7, 11) is 0. The number of halogens is 1. The van der Waals surface area contributed by atoms with E-state index in [1.165, 1.54) is 37.0 Å². The first-order valence-electron chi connectivity index (χ1n) is 8.04. The first kappa shape index (κ1) is 13.9. The third-order valence-corrected chi connectivity index (χ3v) is 4.72. The lowest BCUT2D eigenvalue weighted by Crippen LogP contribution is -2.34. The van der Waals surface area contributed by atoms with E-state index < -0.39 is 0 Å². The Morgan fingerprint density at radius 2 is 2.14 bits per heavy atom. The van der Waals surface area contributed by atoms with E-state index in [0.717, 1.165) is 25.3 Å². The molecule has 2 aromatic rings. The van der Waals surface area contributed by atoms with Crippen LogP contribution in [0.5, 0.6) is 0 Å². The zero-order chi connectivity index (χ0) is 14.9. The third kappa shape index (κ3) is 2.91. The highest BCUT2D eigenvalue weighted by atomic mass is 19.1. The zero-order valence-electron chi connectivity index (χ0n) is 12.6. The number of aromatic nitrogens is 2. The van der Waals surface area contributed by atoms with Gasteiger partial charge in [-0.2, -0.15) is 5.10 Å². The molecule has 4 rings (SSSR count). The van der Waals surface area contributed by atoms with Crippen LogP contribution in [0.3, 0.4) is 0 Å². The minimum absolute atomic E-state index is 0.232. The van der Waals surface area contributed by atoms with Gasteiger partial charge in [-0.3, -0.25) is 4.90 Å². The number of likely N-dealkylation sites (tertiary alicyclic amines) is 1. The van der Waals surface area contributed by atoms with Crippen molar-refractivity contribution in [1.82, 2.24) is 20.0 Å². The number of hydrogen-bond acceptors (Lipinski definition) is 3. The summed E-state index contributed by atoms with van der Waals surface area (Å²) in [6.07, 6.45) is 7.75. The zero-order valence-corrected chi connectivity index (χ0v) is 12.6. The molecule has 2 atom stereocenters. The van der Waals surface area contributed by atoms with Crippen LogP contribution in [0, 0.1) is 5.82 Å². The van der Waals surface area contributed by atoms with Crippen LogP contribution in [-0.2, 0) is 6.54 Å². The van der Waals surface area contributed by atoms with Crippen LogP contribution in [0.2, 0.25) is 0 Å². The molecule has 0 unspecified atom stereocenters. The number of nitrogens with zero attached hydrogens (tertiary/aromatic N) is 3. The maximum Gasteiger partial charge on any atom is 0.125 e. The van der Waals surface area contributed by atoms with E-state index in [9.17, 15) is 4.39 Å². The van der Waals surface area contributed by atoms with Crippen molar-refractivity contribution in [3.05, 3.63) is 48.0 Å². The maximum absolute atomic E-state index is 13.3. The first-order chi connectivity index (χ1) is 10.8. The van der Waals surface area contributed by atoms with Crippen LogP contribution < -0.4 is 5.32 Å². The Hall–Kier alpha value is -1.72. The van der Waals surface area contributed by atoms with Gasteiger partial charge in [0.2, 0.25) is 0 Å². The summed E-state index contributed by atoms with van der Waals surface area (Å²) in [6, 6.07) is 7.90. The van der Waals surface area contributed by atoms with Crippen LogP contribution in [0.1, 0.15) is 24.8 Å². The minimum atomic E-state index is -0.232. The number of rotatable bonds is 3. The fourth-order valence-corrected chi connectivity index (χ4v) is 3.62. The van der Waals surface area contributed by atoms with Gasteiger partial charge in [-0.05, 0) is 37.5 Å². The Labute approximate surface area is 129 Å². The summed E-state index contributed by atoms with van der Waals surface area (Å²) < 4.78 is 15.1. The lowest BCUT2D eigenvalue weighted by atomic mass is 10.1. The average Bonchev–Trinajstić information content (AvgIpc) is 3.08. The van der Waals surface area contributed by atoms with Crippen LogP contribution in [0.25, 0.3) is 5.69 Å².